The van der Waals surface area contributed by atoms with Crippen LogP contribution in [-0.4, -0.2) is 58.5 Å². The van der Waals surface area contributed by atoms with Gasteiger partial charge in [0, 0.05) is 25.4 Å². The summed E-state index contributed by atoms with van der Waals surface area (Å²) in [6.45, 7) is 1.90. The zero-order valence-corrected chi connectivity index (χ0v) is 13.9. The number of hydrogen-bond donors (Lipinski definition) is 0. The molecule has 0 radical (unpaired) electrons. The molecular weight excluding hydrogens is 312 g/mol. The molecule has 2 unspecified atom stereocenters. The number of nitrogens with zero attached hydrogens (tertiary/aromatic N) is 6. The lowest BCUT2D eigenvalue weighted by molar-refractivity contribution is 0.286. The highest BCUT2D eigenvalue weighted by molar-refractivity contribution is 7.98. The van der Waals surface area contributed by atoms with Gasteiger partial charge in [-0.15, -0.1) is 0 Å². The van der Waals surface area contributed by atoms with Crippen molar-refractivity contribution in [3.63, 3.8) is 0 Å². The normalized spacial score (nSPS) is 22.7. The number of piperidine rings is 1. The Balaban J connectivity index is 1.51. The van der Waals surface area contributed by atoms with E-state index < -0.39 is 0 Å². The summed E-state index contributed by atoms with van der Waals surface area (Å²) in [6, 6.07) is 4.82. The van der Waals surface area contributed by atoms with Crippen molar-refractivity contribution in [2.75, 3.05) is 36.3 Å². The molecule has 3 saturated heterocycles. The van der Waals surface area contributed by atoms with Crippen molar-refractivity contribution in [1.82, 2.24) is 19.9 Å². The smallest absolute Gasteiger partial charge is 0.218 e. The number of methoxy groups -OCH3 is 1. The van der Waals surface area contributed by atoms with Gasteiger partial charge in [0.25, 0.3) is 0 Å². The highest BCUT2D eigenvalue weighted by atomic mass is 32.2. The highest BCUT2D eigenvalue weighted by Gasteiger charge is 2.45. The van der Waals surface area contributed by atoms with E-state index in [1.54, 1.807) is 25.2 Å². The fraction of sp³-hybridized carbons (Fsp3) is 0.467. The van der Waals surface area contributed by atoms with E-state index in [-0.39, 0.29) is 0 Å². The van der Waals surface area contributed by atoms with Crippen LogP contribution in [0.25, 0.3) is 0 Å². The summed E-state index contributed by atoms with van der Waals surface area (Å²) in [7, 11) is 1.63. The number of fused-ring (bicyclic) bond motifs is 2. The predicted molar refractivity (Wildman–Crippen MR) is 89.3 cm³/mol. The van der Waals surface area contributed by atoms with Crippen LogP contribution < -0.4 is 14.5 Å². The van der Waals surface area contributed by atoms with Gasteiger partial charge in [-0.05, 0) is 18.7 Å². The van der Waals surface area contributed by atoms with Gasteiger partial charge in [0.05, 0.1) is 19.2 Å². The fourth-order valence-electron chi connectivity index (χ4n) is 3.36. The van der Waals surface area contributed by atoms with Crippen molar-refractivity contribution in [1.29, 1.82) is 0 Å². The SMILES string of the molecule is COc1cc(N2C3CC2CN(c2ccnc(SC)n2)C3)ncn1. The second-order valence-corrected chi connectivity index (χ2v) is 6.45. The molecule has 120 valence electrons. The zero-order chi connectivity index (χ0) is 15.8. The van der Waals surface area contributed by atoms with Gasteiger partial charge in [-0.25, -0.2) is 19.9 Å². The Labute approximate surface area is 139 Å². The molecule has 3 aliphatic rings. The van der Waals surface area contributed by atoms with Crippen LogP contribution in [0.4, 0.5) is 11.6 Å². The van der Waals surface area contributed by atoms with Crippen molar-refractivity contribution in [2.45, 2.75) is 23.7 Å². The summed E-state index contributed by atoms with van der Waals surface area (Å²) in [5.74, 6) is 2.57. The Morgan fingerprint density at radius 3 is 2.74 bits per heavy atom. The maximum Gasteiger partial charge on any atom is 0.218 e. The number of aromatic nitrogens is 4. The average molecular weight is 330 g/mol. The standard InChI is InChI=1S/C15H18N6OS/c1-22-14-6-13(17-9-18-14)21-10-5-11(21)8-20(7-10)12-3-4-16-15(19-12)23-2/h3-4,6,9-11H,5,7-8H2,1-2H3. The second-order valence-electron chi connectivity index (χ2n) is 5.68. The molecule has 0 aromatic carbocycles. The molecule has 0 N–H and O–H groups in total. The van der Waals surface area contributed by atoms with E-state index in [1.807, 2.05) is 24.6 Å². The minimum Gasteiger partial charge on any atom is -0.481 e. The molecule has 0 aliphatic carbocycles. The summed E-state index contributed by atoms with van der Waals surface area (Å²) >= 11 is 1.57. The third-order valence-corrected chi connectivity index (χ3v) is 4.98. The quantitative estimate of drug-likeness (QED) is 0.617. The van der Waals surface area contributed by atoms with Crippen molar-refractivity contribution >= 4 is 23.4 Å². The van der Waals surface area contributed by atoms with Gasteiger partial charge in [-0.3, -0.25) is 0 Å². The van der Waals surface area contributed by atoms with Crippen LogP contribution >= 0.6 is 11.8 Å². The van der Waals surface area contributed by atoms with E-state index >= 15 is 0 Å². The van der Waals surface area contributed by atoms with Crippen LogP contribution in [0.5, 0.6) is 5.88 Å². The number of piperazine rings is 1. The number of hydrogen-bond acceptors (Lipinski definition) is 8. The van der Waals surface area contributed by atoms with Gasteiger partial charge in [-0.2, -0.15) is 0 Å². The Kier molecular flexibility index (Phi) is 3.68. The second kappa shape index (κ2) is 5.84. The number of ether oxygens (including phenoxy) is 1. The zero-order valence-electron chi connectivity index (χ0n) is 13.1. The fourth-order valence-corrected chi connectivity index (χ4v) is 3.71. The molecular formula is C15H18N6OS. The molecule has 8 heteroatoms. The molecule has 3 aliphatic heterocycles. The first kappa shape index (κ1) is 14.5. The largest absolute Gasteiger partial charge is 0.481 e. The average Bonchev–Trinajstić information content (AvgIpc) is 2.62. The van der Waals surface area contributed by atoms with E-state index in [0.717, 1.165) is 29.9 Å². The van der Waals surface area contributed by atoms with Gasteiger partial charge in [0.15, 0.2) is 5.16 Å². The summed E-state index contributed by atoms with van der Waals surface area (Å²) in [5.41, 5.74) is 0. The van der Waals surface area contributed by atoms with Crippen molar-refractivity contribution in [3.05, 3.63) is 24.7 Å². The third kappa shape index (κ3) is 2.56. The lowest BCUT2D eigenvalue weighted by Gasteiger charge is -2.57. The molecule has 2 atom stereocenters. The van der Waals surface area contributed by atoms with Crippen molar-refractivity contribution < 1.29 is 4.74 Å². The van der Waals surface area contributed by atoms with Crippen LogP contribution in [0, 0.1) is 0 Å². The van der Waals surface area contributed by atoms with Gasteiger partial charge in [0.2, 0.25) is 5.88 Å². The maximum atomic E-state index is 5.20. The molecule has 0 spiro atoms. The first-order valence-electron chi connectivity index (χ1n) is 7.55. The Bertz CT molecular complexity index is 702. The Hall–Kier alpha value is -2.09. The minimum atomic E-state index is 0.459. The third-order valence-electron chi connectivity index (χ3n) is 4.42. The number of rotatable bonds is 4. The molecule has 7 nitrogen and oxygen atoms in total. The van der Waals surface area contributed by atoms with Gasteiger partial charge >= 0.3 is 0 Å². The molecule has 2 aromatic rings. The van der Waals surface area contributed by atoms with Gasteiger partial charge in [0.1, 0.15) is 18.0 Å². The van der Waals surface area contributed by atoms with Crippen molar-refractivity contribution in [2.24, 2.45) is 0 Å². The summed E-state index contributed by atoms with van der Waals surface area (Å²) in [4.78, 5) is 22.1. The molecule has 23 heavy (non-hydrogen) atoms. The van der Waals surface area contributed by atoms with E-state index in [4.69, 9.17) is 4.74 Å². The minimum absolute atomic E-state index is 0.459. The first-order chi connectivity index (χ1) is 11.3. The van der Waals surface area contributed by atoms with Gasteiger partial charge < -0.3 is 14.5 Å². The summed E-state index contributed by atoms with van der Waals surface area (Å²) in [5, 5.41) is 0.819. The molecule has 0 amide bonds. The molecule has 5 rings (SSSR count). The topological polar surface area (TPSA) is 67.3 Å². The summed E-state index contributed by atoms with van der Waals surface area (Å²) < 4.78 is 5.20. The monoisotopic (exact) mass is 330 g/mol. The van der Waals surface area contributed by atoms with Crippen LogP contribution in [0.1, 0.15) is 6.42 Å². The number of thioether (sulfide) groups is 1. The molecule has 5 heterocycles. The van der Waals surface area contributed by atoms with Crippen LogP contribution in [0.2, 0.25) is 0 Å². The highest BCUT2D eigenvalue weighted by Crippen LogP contribution is 2.37. The van der Waals surface area contributed by atoms with Crippen molar-refractivity contribution in [3.8, 4) is 5.88 Å². The van der Waals surface area contributed by atoms with Crippen LogP contribution in [-0.2, 0) is 0 Å². The first-order valence-corrected chi connectivity index (χ1v) is 8.77. The molecule has 2 bridgehead atoms. The number of anilines is 2. The van der Waals surface area contributed by atoms with E-state index in [2.05, 4.69) is 29.7 Å². The van der Waals surface area contributed by atoms with Gasteiger partial charge in [-0.1, -0.05) is 11.8 Å². The van der Waals surface area contributed by atoms with Crippen LogP contribution in [0.15, 0.2) is 29.8 Å². The molecule has 3 fully saturated rings. The predicted octanol–water partition coefficient (Wildman–Crippen LogP) is 1.46. The molecule has 2 aromatic heterocycles. The maximum absolute atomic E-state index is 5.20. The lowest BCUT2D eigenvalue weighted by atomic mass is 9.87. The molecule has 0 saturated carbocycles. The lowest BCUT2D eigenvalue weighted by Crippen LogP contribution is -2.69. The Morgan fingerprint density at radius 2 is 2.00 bits per heavy atom. The van der Waals surface area contributed by atoms with Crippen LogP contribution in [0.3, 0.4) is 0 Å². The summed E-state index contributed by atoms with van der Waals surface area (Å²) in [6.07, 6.45) is 6.59. The van der Waals surface area contributed by atoms with E-state index in [9.17, 15) is 0 Å². The Morgan fingerprint density at radius 1 is 1.17 bits per heavy atom. The van der Waals surface area contributed by atoms with E-state index in [0.29, 0.717) is 18.0 Å². The van der Waals surface area contributed by atoms with E-state index in [1.165, 1.54) is 6.42 Å².